The van der Waals surface area contributed by atoms with Gasteiger partial charge in [-0.05, 0) is 97.5 Å². The van der Waals surface area contributed by atoms with Gasteiger partial charge in [0.05, 0.1) is 11.1 Å². The van der Waals surface area contributed by atoms with Crippen molar-refractivity contribution in [2.45, 2.75) is 47.0 Å². The SMILES string of the molecule is Cc1cc(-c2cc3oc4ccccc4c3cc2C)[n+](C)cc1Cc1ccc2oc3cc(-c4ccc(C(C)C)c[n+]4C)c(C)cc3c2c1. The minimum absolute atomic E-state index is 0.496. The third-order valence-corrected chi connectivity index (χ3v) is 9.96. The molecule has 0 radical (unpaired) electrons. The van der Waals surface area contributed by atoms with Crippen LogP contribution in [0, 0.1) is 20.8 Å². The Kier molecular flexibility index (Phi) is 6.80. The maximum absolute atomic E-state index is 6.42. The number of aromatic nitrogens is 2. The molecule has 0 atom stereocenters. The lowest BCUT2D eigenvalue weighted by Crippen LogP contribution is -2.32. The van der Waals surface area contributed by atoms with Crippen molar-refractivity contribution in [1.82, 2.24) is 0 Å². The summed E-state index contributed by atoms with van der Waals surface area (Å²) in [4.78, 5) is 0. The fraction of sp³-hybridized carbons (Fsp3) is 0.209. The van der Waals surface area contributed by atoms with E-state index in [0.29, 0.717) is 5.92 Å². The fourth-order valence-electron chi connectivity index (χ4n) is 7.25. The van der Waals surface area contributed by atoms with Gasteiger partial charge >= 0.3 is 0 Å². The lowest BCUT2D eigenvalue weighted by Gasteiger charge is -2.10. The Balaban J connectivity index is 1.13. The number of furan rings is 2. The molecule has 0 saturated heterocycles. The van der Waals surface area contributed by atoms with Gasteiger partial charge in [-0.1, -0.05) is 38.1 Å². The zero-order valence-corrected chi connectivity index (χ0v) is 28.2. The Labute approximate surface area is 275 Å². The largest absolute Gasteiger partial charge is 0.456 e. The van der Waals surface area contributed by atoms with Crippen molar-refractivity contribution in [3.05, 3.63) is 131 Å². The smallest absolute Gasteiger partial charge is 0.212 e. The van der Waals surface area contributed by atoms with Crippen LogP contribution in [0.25, 0.3) is 66.4 Å². The molecular weight excluding hydrogens is 576 g/mol. The van der Waals surface area contributed by atoms with Gasteiger partial charge in [-0.25, -0.2) is 9.13 Å². The van der Waals surface area contributed by atoms with Crippen molar-refractivity contribution in [3.63, 3.8) is 0 Å². The summed E-state index contributed by atoms with van der Waals surface area (Å²) in [6, 6.07) is 30.7. The molecule has 0 aliphatic heterocycles. The van der Waals surface area contributed by atoms with Crippen LogP contribution in [0.2, 0.25) is 0 Å². The van der Waals surface area contributed by atoms with Crippen molar-refractivity contribution in [2.24, 2.45) is 14.1 Å². The molecule has 232 valence electrons. The van der Waals surface area contributed by atoms with Crippen LogP contribution in [0.1, 0.15) is 53.1 Å². The van der Waals surface area contributed by atoms with Gasteiger partial charge in [0.25, 0.3) is 0 Å². The summed E-state index contributed by atoms with van der Waals surface area (Å²) in [5.74, 6) is 0.496. The van der Waals surface area contributed by atoms with Crippen LogP contribution >= 0.6 is 0 Å². The van der Waals surface area contributed by atoms with Crippen LogP contribution in [0.5, 0.6) is 0 Å². The molecule has 4 heterocycles. The van der Waals surface area contributed by atoms with Crippen LogP contribution in [-0.4, -0.2) is 0 Å². The van der Waals surface area contributed by atoms with E-state index < -0.39 is 0 Å². The highest BCUT2D eigenvalue weighted by molar-refractivity contribution is 6.07. The molecule has 0 N–H and O–H groups in total. The first-order chi connectivity index (χ1) is 22.6. The van der Waals surface area contributed by atoms with E-state index in [0.717, 1.165) is 34.1 Å². The molecule has 0 amide bonds. The normalized spacial score (nSPS) is 12.0. The van der Waals surface area contributed by atoms with E-state index in [1.54, 1.807) is 0 Å². The number of benzene rings is 4. The van der Waals surface area contributed by atoms with E-state index in [1.165, 1.54) is 72.1 Å². The first kappa shape index (κ1) is 29.2. The second-order valence-corrected chi connectivity index (χ2v) is 13.6. The van der Waals surface area contributed by atoms with E-state index in [1.807, 2.05) is 12.1 Å². The van der Waals surface area contributed by atoms with Crippen LogP contribution in [0.15, 0.2) is 106 Å². The van der Waals surface area contributed by atoms with Gasteiger partial charge in [-0.15, -0.1) is 0 Å². The molecule has 0 saturated carbocycles. The van der Waals surface area contributed by atoms with Gasteiger partial charge in [-0.2, -0.15) is 0 Å². The van der Waals surface area contributed by atoms with E-state index in [4.69, 9.17) is 8.83 Å². The molecule has 0 unspecified atom stereocenters. The summed E-state index contributed by atoms with van der Waals surface area (Å²) in [7, 11) is 4.27. The molecular formula is C43H40N2O2+2. The topological polar surface area (TPSA) is 34.0 Å². The van der Waals surface area contributed by atoms with E-state index in [2.05, 4.69) is 143 Å². The minimum Gasteiger partial charge on any atom is -0.456 e. The molecule has 0 aliphatic rings. The van der Waals surface area contributed by atoms with Crippen molar-refractivity contribution >= 4 is 43.9 Å². The van der Waals surface area contributed by atoms with Gasteiger partial charge in [-0.3, -0.25) is 0 Å². The molecule has 0 aliphatic carbocycles. The molecule has 8 rings (SSSR count). The van der Waals surface area contributed by atoms with Gasteiger partial charge in [0.1, 0.15) is 36.4 Å². The fourth-order valence-corrected chi connectivity index (χ4v) is 7.25. The molecule has 47 heavy (non-hydrogen) atoms. The average molecular weight is 617 g/mol. The highest BCUT2D eigenvalue weighted by atomic mass is 16.3. The Morgan fingerprint density at radius 2 is 1.17 bits per heavy atom. The maximum atomic E-state index is 6.42. The summed E-state index contributed by atoms with van der Waals surface area (Å²) in [6.07, 6.45) is 5.37. The summed E-state index contributed by atoms with van der Waals surface area (Å²) in [5.41, 5.74) is 16.1. The Hall–Kier alpha value is -5.22. The van der Waals surface area contributed by atoms with Crippen molar-refractivity contribution in [1.29, 1.82) is 0 Å². The number of hydrogen-bond acceptors (Lipinski definition) is 2. The lowest BCUT2D eigenvalue weighted by atomic mass is 9.96. The van der Waals surface area contributed by atoms with E-state index in [-0.39, 0.29) is 0 Å². The summed E-state index contributed by atoms with van der Waals surface area (Å²) in [5, 5.41) is 4.66. The first-order valence-corrected chi connectivity index (χ1v) is 16.5. The number of hydrogen-bond donors (Lipinski definition) is 0. The summed E-state index contributed by atoms with van der Waals surface area (Å²) < 4.78 is 17.1. The monoisotopic (exact) mass is 616 g/mol. The number of aryl methyl sites for hydroxylation is 5. The molecule has 0 fully saturated rings. The Morgan fingerprint density at radius 3 is 1.87 bits per heavy atom. The van der Waals surface area contributed by atoms with Crippen LogP contribution in [-0.2, 0) is 20.5 Å². The highest BCUT2D eigenvalue weighted by Gasteiger charge is 2.21. The number of pyridine rings is 2. The predicted molar refractivity (Wildman–Crippen MR) is 192 cm³/mol. The van der Waals surface area contributed by atoms with Gasteiger partial charge in [0.15, 0.2) is 12.4 Å². The van der Waals surface area contributed by atoms with Crippen LogP contribution in [0.4, 0.5) is 0 Å². The lowest BCUT2D eigenvalue weighted by molar-refractivity contribution is -0.661. The standard InChI is InChI=1S/C43H40N2O2/c1-25(2)30-13-14-38(44(6)23-30)33-21-43-36(17-27(33)4)37-20-29(12-15-41(37)47-43)19-31-24-45(7)39(18-26(31)3)34-22-42-35(16-28(34)5)32-10-8-9-11-40(32)46-42/h8-18,20-25H,19H2,1-7H3/q+2. The molecule has 0 spiro atoms. The van der Waals surface area contributed by atoms with Crippen LogP contribution < -0.4 is 9.13 Å². The molecule has 4 nitrogen and oxygen atoms in total. The molecule has 4 aromatic heterocycles. The van der Waals surface area contributed by atoms with Gasteiger partial charge < -0.3 is 8.83 Å². The van der Waals surface area contributed by atoms with Crippen LogP contribution in [0.3, 0.4) is 0 Å². The third kappa shape index (κ3) is 4.91. The van der Waals surface area contributed by atoms with E-state index in [9.17, 15) is 0 Å². The first-order valence-electron chi connectivity index (χ1n) is 16.5. The van der Waals surface area contributed by atoms with Crippen molar-refractivity contribution in [3.8, 4) is 22.5 Å². The average Bonchev–Trinajstić information content (AvgIpc) is 3.59. The Bertz CT molecular complexity index is 2530. The molecule has 0 bridgehead atoms. The quantitative estimate of drug-likeness (QED) is 0.180. The summed E-state index contributed by atoms with van der Waals surface area (Å²) in [6.45, 7) is 11.1. The highest BCUT2D eigenvalue weighted by Crippen LogP contribution is 2.36. The van der Waals surface area contributed by atoms with Gasteiger partial charge in [0, 0.05) is 51.2 Å². The number of para-hydroxylation sites is 1. The second kappa shape index (κ2) is 10.9. The summed E-state index contributed by atoms with van der Waals surface area (Å²) >= 11 is 0. The molecule has 4 heteroatoms. The second-order valence-electron chi connectivity index (χ2n) is 13.6. The third-order valence-electron chi connectivity index (χ3n) is 9.96. The predicted octanol–water partition coefficient (Wildman–Crippen LogP) is 10.1. The molecule has 8 aromatic rings. The maximum Gasteiger partial charge on any atom is 0.212 e. The zero-order chi connectivity index (χ0) is 32.6. The van der Waals surface area contributed by atoms with E-state index >= 15 is 0 Å². The van der Waals surface area contributed by atoms with Gasteiger partial charge in [0.2, 0.25) is 11.4 Å². The zero-order valence-electron chi connectivity index (χ0n) is 28.2. The van der Waals surface area contributed by atoms with Crippen molar-refractivity contribution in [2.75, 3.05) is 0 Å². The van der Waals surface area contributed by atoms with Crippen molar-refractivity contribution < 1.29 is 18.0 Å². The Morgan fingerprint density at radius 1 is 0.553 bits per heavy atom. The number of fused-ring (bicyclic) bond motifs is 6. The number of nitrogens with zero attached hydrogens (tertiary/aromatic N) is 2. The number of rotatable bonds is 5. The molecule has 4 aromatic carbocycles. The minimum atomic E-state index is 0.496.